The van der Waals surface area contributed by atoms with Gasteiger partial charge >= 0.3 is 0 Å². The molecule has 1 aromatic carbocycles. The van der Waals surface area contributed by atoms with E-state index >= 15 is 0 Å². The number of thioether (sulfide) groups is 1. The van der Waals surface area contributed by atoms with Crippen molar-refractivity contribution in [2.75, 3.05) is 44.7 Å². The maximum atomic E-state index is 5.53. The average Bonchev–Trinajstić information content (AvgIpc) is 2.59. The Hall–Kier alpha value is -0.780. The molecule has 0 saturated carbocycles. The Balaban J connectivity index is 1.71. The van der Waals surface area contributed by atoms with Crippen molar-refractivity contribution in [2.24, 2.45) is 0 Å². The average molecular weight is 367 g/mol. The maximum Gasteiger partial charge on any atom is 0.169 e. The molecule has 1 fully saturated rings. The van der Waals surface area contributed by atoms with E-state index in [2.05, 4.69) is 54.6 Å². The monoisotopic (exact) mass is 366 g/mol. The smallest absolute Gasteiger partial charge is 0.169 e. The van der Waals surface area contributed by atoms with Crippen LogP contribution < -0.4 is 10.2 Å². The third kappa shape index (κ3) is 6.26. The zero-order valence-corrected chi connectivity index (χ0v) is 16.9. The molecule has 1 aliphatic heterocycles. The van der Waals surface area contributed by atoms with E-state index in [1.807, 2.05) is 11.8 Å². The van der Waals surface area contributed by atoms with Gasteiger partial charge in [-0.05, 0) is 42.1 Å². The molecule has 0 unspecified atom stereocenters. The van der Waals surface area contributed by atoms with E-state index in [1.165, 1.54) is 36.4 Å². The molecule has 2 rings (SSSR count). The minimum absolute atomic E-state index is 0.611. The zero-order chi connectivity index (χ0) is 17.4. The van der Waals surface area contributed by atoms with Crippen LogP contribution >= 0.6 is 24.0 Å². The van der Waals surface area contributed by atoms with Crippen molar-refractivity contribution in [3.05, 3.63) is 35.4 Å². The molecule has 134 valence electrons. The lowest BCUT2D eigenvalue weighted by Crippen LogP contribution is -3.13. The van der Waals surface area contributed by atoms with Crippen LogP contribution in [0.3, 0.4) is 0 Å². The van der Waals surface area contributed by atoms with Crippen molar-refractivity contribution in [1.82, 2.24) is 10.2 Å². The van der Waals surface area contributed by atoms with Crippen LogP contribution in [-0.2, 0) is 6.54 Å². The fraction of sp³-hybridized carbons (Fsp3) is 0.632. The van der Waals surface area contributed by atoms with E-state index in [0.717, 1.165) is 31.3 Å². The van der Waals surface area contributed by atoms with E-state index < -0.39 is 0 Å². The van der Waals surface area contributed by atoms with Gasteiger partial charge in [0.25, 0.3) is 0 Å². The second-order valence-corrected chi connectivity index (χ2v) is 8.26. The molecule has 0 atom stereocenters. The van der Waals surface area contributed by atoms with E-state index in [4.69, 9.17) is 12.2 Å². The van der Waals surface area contributed by atoms with Gasteiger partial charge in [-0.1, -0.05) is 38.1 Å². The fourth-order valence-electron chi connectivity index (χ4n) is 3.04. The Kier molecular flexibility index (Phi) is 8.36. The fourth-order valence-corrected chi connectivity index (χ4v) is 3.75. The molecule has 1 aliphatic rings. The Bertz CT molecular complexity index is 494. The lowest BCUT2D eigenvalue weighted by atomic mass is 10.0. The van der Waals surface area contributed by atoms with Crippen LogP contribution in [0, 0.1) is 0 Å². The van der Waals surface area contributed by atoms with Gasteiger partial charge in [-0.2, -0.15) is 11.8 Å². The summed E-state index contributed by atoms with van der Waals surface area (Å²) in [5.74, 6) is 1.81. The van der Waals surface area contributed by atoms with Crippen LogP contribution in [-0.4, -0.2) is 54.7 Å². The summed E-state index contributed by atoms with van der Waals surface area (Å²) in [6.07, 6.45) is 3.33. The standard InChI is InChI=1S/C19H31N3S2/c1-16(2)18-7-5-17(6-8-18)15-21-10-12-22(13-11-21)19(23)20-9-4-14-24-3/h5-8,16H,4,9-15H2,1-3H3,(H,20,23)/p+1. The van der Waals surface area contributed by atoms with E-state index in [9.17, 15) is 0 Å². The quantitative estimate of drug-likeness (QED) is 0.569. The number of hydrogen-bond donors (Lipinski definition) is 2. The van der Waals surface area contributed by atoms with Crippen LogP contribution in [0.2, 0.25) is 0 Å². The van der Waals surface area contributed by atoms with E-state index in [1.54, 1.807) is 4.90 Å². The molecular formula is C19H32N3S2+. The summed E-state index contributed by atoms with van der Waals surface area (Å²) in [4.78, 5) is 3.99. The van der Waals surface area contributed by atoms with Crippen LogP contribution in [0.25, 0.3) is 0 Å². The number of nitrogens with one attached hydrogen (secondary N) is 2. The molecular weight excluding hydrogens is 334 g/mol. The van der Waals surface area contributed by atoms with Gasteiger partial charge in [-0.25, -0.2) is 0 Å². The molecule has 0 aromatic heterocycles. The Morgan fingerprint density at radius 3 is 2.50 bits per heavy atom. The van der Waals surface area contributed by atoms with E-state index in [0.29, 0.717) is 5.92 Å². The van der Waals surface area contributed by atoms with Crippen molar-refractivity contribution in [2.45, 2.75) is 32.7 Å². The lowest BCUT2D eigenvalue weighted by Gasteiger charge is -2.34. The van der Waals surface area contributed by atoms with Crippen LogP contribution in [0.1, 0.15) is 37.3 Å². The summed E-state index contributed by atoms with van der Waals surface area (Å²) in [6.45, 7) is 11.1. The molecule has 1 aromatic rings. The van der Waals surface area contributed by atoms with E-state index in [-0.39, 0.29) is 0 Å². The largest absolute Gasteiger partial charge is 0.363 e. The normalized spacial score (nSPS) is 15.8. The Morgan fingerprint density at radius 2 is 1.92 bits per heavy atom. The van der Waals surface area contributed by atoms with Crippen LogP contribution in [0.15, 0.2) is 24.3 Å². The first-order chi connectivity index (χ1) is 11.6. The molecule has 1 saturated heterocycles. The number of piperazine rings is 1. The number of thiocarbonyl (C=S) groups is 1. The highest BCUT2D eigenvalue weighted by Crippen LogP contribution is 2.14. The first kappa shape index (κ1) is 19.5. The molecule has 2 N–H and O–H groups in total. The van der Waals surface area contributed by atoms with Gasteiger partial charge in [0.05, 0.1) is 26.2 Å². The second kappa shape index (κ2) is 10.3. The second-order valence-electron chi connectivity index (χ2n) is 6.89. The van der Waals surface area contributed by atoms with Crippen molar-refractivity contribution < 1.29 is 4.90 Å². The molecule has 5 heteroatoms. The molecule has 0 aliphatic carbocycles. The Morgan fingerprint density at radius 1 is 1.25 bits per heavy atom. The highest BCUT2D eigenvalue weighted by molar-refractivity contribution is 7.98. The van der Waals surface area contributed by atoms with Gasteiger partial charge in [-0.15, -0.1) is 0 Å². The zero-order valence-electron chi connectivity index (χ0n) is 15.3. The van der Waals surface area contributed by atoms with Gasteiger partial charge in [0.1, 0.15) is 6.54 Å². The minimum Gasteiger partial charge on any atom is -0.363 e. The first-order valence-corrected chi connectivity index (χ1v) is 10.8. The lowest BCUT2D eigenvalue weighted by molar-refractivity contribution is -0.917. The molecule has 1 heterocycles. The number of hydrogen-bond acceptors (Lipinski definition) is 2. The SMILES string of the molecule is CSCCCNC(=S)N1CC[NH+](Cc2ccc(C(C)C)cc2)CC1. The topological polar surface area (TPSA) is 19.7 Å². The summed E-state index contributed by atoms with van der Waals surface area (Å²) >= 11 is 7.42. The van der Waals surface area contributed by atoms with Crippen LogP contribution in [0.5, 0.6) is 0 Å². The number of nitrogens with zero attached hydrogens (tertiary/aromatic N) is 1. The first-order valence-electron chi connectivity index (χ1n) is 9.04. The van der Waals surface area contributed by atoms with Gasteiger partial charge in [0, 0.05) is 12.1 Å². The van der Waals surface area contributed by atoms with Crippen molar-refractivity contribution in [1.29, 1.82) is 0 Å². The number of quaternary nitrogens is 1. The maximum absolute atomic E-state index is 5.53. The molecule has 0 amide bonds. The minimum atomic E-state index is 0.611. The molecule has 0 bridgehead atoms. The van der Waals surface area contributed by atoms with Crippen molar-refractivity contribution in [3.63, 3.8) is 0 Å². The summed E-state index contributed by atoms with van der Waals surface area (Å²) in [5, 5.41) is 4.34. The molecule has 0 radical (unpaired) electrons. The van der Waals surface area contributed by atoms with Crippen molar-refractivity contribution in [3.8, 4) is 0 Å². The van der Waals surface area contributed by atoms with Gasteiger partial charge in [0.2, 0.25) is 0 Å². The summed E-state index contributed by atoms with van der Waals surface area (Å²) in [5.41, 5.74) is 2.87. The number of benzene rings is 1. The predicted octanol–water partition coefficient (Wildman–Crippen LogP) is 2.14. The van der Waals surface area contributed by atoms with Crippen molar-refractivity contribution >= 4 is 29.1 Å². The molecule has 0 spiro atoms. The highest BCUT2D eigenvalue weighted by Gasteiger charge is 2.21. The third-order valence-corrected chi connectivity index (χ3v) is 5.76. The summed E-state index contributed by atoms with van der Waals surface area (Å²) in [7, 11) is 0. The van der Waals surface area contributed by atoms with Gasteiger partial charge in [0.15, 0.2) is 5.11 Å². The predicted molar refractivity (Wildman–Crippen MR) is 110 cm³/mol. The van der Waals surface area contributed by atoms with Gasteiger partial charge in [-0.3, -0.25) is 0 Å². The summed E-state index contributed by atoms with van der Waals surface area (Å²) < 4.78 is 0. The summed E-state index contributed by atoms with van der Waals surface area (Å²) in [6, 6.07) is 9.16. The molecule has 24 heavy (non-hydrogen) atoms. The number of rotatable bonds is 7. The third-order valence-electron chi connectivity index (χ3n) is 4.66. The van der Waals surface area contributed by atoms with Crippen LogP contribution in [0.4, 0.5) is 0 Å². The molecule has 3 nitrogen and oxygen atoms in total. The highest BCUT2D eigenvalue weighted by atomic mass is 32.2. The van der Waals surface area contributed by atoms with Gasteiger partial charge < -0.3 is 15.1 Å². The Labute approximate surface area is 157 Å².